The Morgan fingerprint density at radius 2 is 1.95 bits per heavy atom. The third-order valence-electron chi connectivity index (χ3n) is 4.18. The molecule has 1 amide bonds. The average Bonchev–Trinajstić information content (AvgIpc) is 2.76. The van der Waals surface area contributed by atoms with Crippen molar-refractivity contribution in [3.05, 3.63) is 52.8 Å². The molecule has 1 unspecified atom stereocenters. The predicted octanol–water partition coefficient (Wildman–Crippen LogP) is 2.89. The number of benzene rings is 1. The van der Waals surface area contributed by atoms with Gasteiger partial charge < -0.3 is 5.32 Å². The molecule has 1 atom stereocenters. The van der Waals surface area contributed by atoms with Crippen LogP contribution in [-0.2, 0) is 18.3 Å². The molecule has 0 radical (unpaired) electrons. The molecule has 0 aliphatic carbocycles. The van der Waals surface area contributed by atoms with Crippen LogP contribution in [0.25, 0.3) is 0 Å². The van der Waals surface area contributed by atoms with E-state index in [-0.39, 0.29) is 11.8 Å². The molecule has 1 aromatic heterocycles. The molecule has 0 bridgehead atoms. The molecule has 1 heterocycles. The molecule has 1 aromatic carbocycles. The predicted molar refractivity (Wildman–Crippen MR) is 88.9 cm³/mol. The molecule has 1 N–H and O–H groups in total. The Labute approximate surface area is 132 Å². The summed E-state index contributed by atoms with van der Waals surface area (Å²) in [7, 11) is 1.91. The molecule has 0 aliphatic rings. The van der Waals surface area contributed by atoms with Gasteiger partial charge in [-0.1, -0.05) is 30.3 Å². The highest BCUT2D eigenvalue weighted by Gasteiger charge is 2.22. The lowest BCUT2D eigenvalue weighted by Crippen LogP contribution is -2.29. The van der Waals surface area contributed by atoms with Gasteiger partial charge in [-0.05, 0) is 39.2 Å². The fourth-order valence-corrected chi connectivity index (χ4v) is 2.85. The van der Waals surface area contributed by atoms with Gasteiger partial charge in [0.1, 0.15) is 0 Å². The quantitative estimate of drug-likeness (QED) is 0.834. The number of amides is 1. The summed E-state index contributed by atoms with van der Waals surface area (Å²) in [4.78, 5) is 12.3. The van der Waals surface area contributed by atoms with E-state index in [1.54, 1.807) is 0 Å². The van der Waals surface area contributed by atoms with Crippen LogP contribution in [0.3, 0.4) is 0 Å². The highest BCUT2D eigenvalue weighted by Crippen LogP contribution is 2.22. The molecule has 0 fully saturated rings. The van der Waals surface area contributed by atoms with Crippen molar-refractivity contribution in [1.29, 1.82) is 0 Å². The van der Waals surface area contributed by atoms with Crippen LogP contribution in [0, 0.1) is 13.8 Å². The molecule has 2 rings (SSSR count). The van der Waals surface area contributed by atoms with Crippen LogP contribution in [0.4, 0.5) is 0 Å². The Kier molecular flexibility index (Phi) is 5.36. The summed E-state index contributed by atoms with van der Waals surface area (Å²) in [5.74, 6) is -0.0855. The third kappa shape index (κ3) is 3.75. The topological polar surface area (TPSA) is 46.9 Å². The lowest BCUT2D eigenvalue weighted by Gasteiger charge is -2.13. The summed E-state index contributed by atoms with van der Waals surface area (Å²) < 4.78 is 1.84. The number of aryl methyl sites for hydroxylation is 3. The summed E-state index contributed by atoms with van der Waals surface area (Å²) >= 11 is 0. The van der Waals surface area contributed by atoms with Gasteiger partial charge in [-0.25, -0.2) is 0 Å². The second kappa shape index (κ2) is 7.25. The molecular formula is C18H25N3O. The smallest absolute Gasteiger partial charge is 0.227 e. The van der Waals surface area contributed by atoms with Crippen molar-refractivity contribution in [1.82, 2.24) is 15.1 Å². The highest BCUT2D eigenvalue weighted by molar-refractivity contribution is 5.83. The Hall–Kier alpha value is -2.10. The van der Waals surface area contributed by atoms with E-state index in [2.05, 4.69) is 22.5 Å². The minimum atomic E-state index is -0.162. The van der Waals surface area contributed by atoms with Crippen molar-refractivity contribution in [2.24, 2.45) is 7.05 Å². The summed E-state index contributed by atoms with van der Waals surface area (Å²) in [6, 6.07) is 10.3. The van der Waals surface area contributed by atoms with Crippen LogP contribution in [0.1, 0.15) is 41.8 Å². The van der Waals surface area contributed by atoms with E-state index in [4.69, 9.17) is 0 Å². The lowest BCUT2D eigenvalue weighted by atomic mass is 9.98. The van der Waals surface area contributed by atoms with Gasteiger partial charge >= 0.3 is 0 Å². The zero-order valence-electron chi connectivity index (χ0n) is 13.9. The van der Waals surface area contributed by atoms with E-state index in [0.717, 1.165) is 29.8 Å². The molecule has 0 aliphatic heterocycles. The van der Waals surface area contributed by atoms with Crippen LogP contribution in [0.2, 0.25) is 0 Å². The number of hydrogen-bond acceptors (Lipinski definition) is 2. The Balaban J connectivity index is 1.84. The molecular weight excluding hydrogens is 274 g/mol. The van der Waals surface area contributed by atoms with Crippen LogP contribution in [0.5, 0.6) is 0 Å². The van der Waals surface area contributed by atoms with Crippen molar-refractivity contribution < 1.29 is 4.79 Å². The average molecular weight is 299 g/mol. The standard InChI is InChI=1S/C18H25N3O/c1-13(17-14(2)20-21(4)15(17)3)18(22)19-12-8-11-16-9-6-5-7-10-16/h5-7,9-10,13H,8,11-12H2,1-4H3,(H,19,22). The molecule has 0 spiro atoms. The SMILES string of the molecule is Cc1nn(C)c(C)c1C(C)C(=O)NCCCc1ccccc1. The van der Waals surface area contributed by atoms with Gasteiger partial charge in [0.2, 0.25) is 5.91 Å². The molecule has 2 aromatic rings. The lowest BCUT2D eigenvalue weighted by molar-refractivity contribution is -0.122. The van der Waals surface area contributed by atoms with E-state index < -0.39 is 0 Å². The maximum absolute atomic E-state index is 12.3. The Morgan fingerprint density at radius 1 is 1.27 bits per heavy atom. The van der Waals surface area contributed by atoms with Crippen molar-refractivity contribution in [2.75, 3.05) is 6.54 Å². The number of nitrogens with one attached hydrogen (secondary N) is 1. The largest absolute Gasteiger partial charge is 0.356 e. The van der Waals surface area contributed by atoms with E-state index in [9.17, 15) is 4.79 Å². The minimum absolute atomic E-state index is 0.0762. The third-order valence-corrected chi connectivity index (χ3v) is 4.18. The first-order valence-corrected chi connectivity index (χ1v) is 7.82. The fraction of sp³-hybridized carbons (Fsp3) is 0.444. The number of hydrogen-bond donors (Lipinski definition) is 1. The monoisotopic (exact) mass is 299 g/mol. The van der Waals surface area contributed by atoms with Crippen molar-refractivity contribution in [2.45, 2.75) is 39.5 Å². The van der Waals surface area contributed by atoms with Crippen LogP contribution in [-0.4, -0.2) is 22.2 Å². The first kappa shape index (κ1) is 16.3. The van der Waals surface area contributed by atoms with E-state index in [1.165, 1.54) is 5.56 Å². The molecule has 22 heavy (non-hydrogen) atoms. The molecule has 118 valence electrons. The van der Waals surface area contributed by atoms with Crippen LogP contribution >= 0.6 is 0 Å². The zero-order valence-corrected chi connectivity index (χ0v) is 13.9. The number of aromatic nitrogens is 2. The van der Waals surface area contributed by atoms with Crippen LogP contribution < -0.4 is 5.32 Å². The van der Waals surface area contributed by atoms with Crippen molar-refractivity contribution in [3.8, 4) is 0 Å². The van der Waals surface area contributed by atoms with Gasteiger partial charge in [-0.2, -0.15) is 5.10 Å². The number of nitrogens with zero attached hydrogens (tertiary/aromatic N) is 2. The molecule has 4 nitrogen and oxygen atoms in total. The summed E-state index contributed by atoms with van der Waals surface area (Å²) in [6.07, 6.45) is 1.94. The van der Waals surface area contributed by atoms with E-state index in [1.807, 2.05) is 50.7 Å². The van der Waals surface area contributed by atoms with Gasteiger partial charge in [-0.15, -0.1) is 0 Å². The molecule has 4 heteroatoms. The summed E-state index contributed by atoms with van der Waals surface area (Å²) in [5, 5.41) is 7.43. The Bertz CT molecular complexity index is 631. The maximum Gasteiger partial charge on any atom is 0.227 e. The first-order chi connectivity index (χ1) is 10.5. The maximum atomic E-state index is 12.3. The first-order valence-electron chi connectivity index (χ1n) is 7.82. The minimum Gasteiger partial charge on any atom is -0.356 e. The molecule has 0 saturated heterocycles. The second-order valence-corrected chi connectivity index (χ2v) is 5.81. The van der Waals surface area contributed by atoms with Gasteiger partial charge in [-0.3, -0.25) is 9.48 Å². The second-order valence-electron chi connectivity index (χ2n) is 5.81. The van der Waals surface area contributed by atoms with Gasteiger partial charge in [0.05, 0.1) is 11.6 Å². The van der Waals surface area contributed by atoms with Crippen molar-refractivity contribution >= 4 is 5.91 Å². The van der Waals surface area contributed by atoms with Crippen LogP contribution in [0.15, 0.2) is 30.3 Å². The normalized spacial score (nSPS) is 12.2. The summed E-state index contributed by atoms with van der Waals surface area (Å²) in [5.41, 5.74) is 4.35. The highest BCUT2D eigenvalue weighted by atomic mass is 16.1. The van der Waals surface area contributed by atoms with E-state index in [0.29, 0.717) is 6.54 Å². The summed E-state index contributed by atoms with van der Waals surface area (Å²) in [6.45, 7) is 6.62. The van der Waals surface area contributed by atoms with Crippen molar-refractivity contribution in [3.63, 3.8) is 0 Å². The number of rotatable bonds is 6. The molecule has 0 saturated carbocycles. The number of carbonyl (C=O) groups is 1. The van der Waals surface area contributed by atoms with Gasteiger partial charge in [0.15, 0.2) is 0 Å². The Morgan fingerprint density at radius 3 is 2.55 bits per heavy atom. The van der Waals surface area contributed by atoms with Gasteiger partial charge in [0, 0.05) is 24.8 Å². The fourth-order valence-electron chi connectivity index (χ4n) is 2.85. The van der Waals surface area contributed by atoms with E-state index >= 15 is 0 Å². The zero-order chi connectivity index (χ0) is 16.1. The van der Waals surface area contributed by atoms with Gasteiger partial charge in [0.25, 0.3) is 0 Å². The number of carbonyl (C=O) groups excluding carboxylic acids is 1.